The fourth-order valence-corrected chi connectivity index (χ4v) is 1.12. The second-order valence-electron chi connectivity index (χ2n) is 4.85. The number of aryl methyl sites for hydroxylation is 1. The van der Waals surface area contributed by atoms with Crippen LogP contribution in [0.25, 0.3) is 0 Å². The van der Waals surface area contributed by atoms with E-state index in [4.69, 9.17) is 0 Å². The van der Waals surface area contributed by atoms with E-state index in [9.17, 15) is 5.11 Å². The summed E-state index contributed by atoms with van der Waals surface area (Å²) in [5.41, 5.74) is -1.23. The van der Waals surface area contributed by atoms with Crippen LogP contribution in [0, 0.1) is 0 Å². The van der Waals surface area contributed by atoms with Crippen LogP contribution in [0.5, 0.6) is 0 Å². The molecule has 2 N–H and O–H groups in total. The summed E-state index contributed by atoms with van der Waals surface area (Å²) in [4.78, 5) is 4.23. The van der Waals surface area contributed by atoms with E-state index >= 15 is 0 Å². The highest BCUT2D eigenvalue weighted by Crippen LogP contribution is 2.24. The molecular formula is C11H21N3O. The number of aromatic nitrogens is 2. The molecule has 1 rings (SSSR count). The molecule has 0 unspecified atom stereocenters. The van der Waals surface area contributed by atoms with Gasteiger partial charge in [0.2, 0.25) is 5.95 Å². The van der Waals surface area contributed by atoms with Gasteiger partial charge in [0.1, 0.15) is 0 Å². The van der Waals surface area contributed by atoms with Crippen molar-refractivity contribution >= 4 is 5.95 Å². The van der Waals surface area contributed by atoms with Gasteiger partial charge in [-0.2, -0.15) is 0 Å². The predicted octanol–water partition coefficient (Wildman–Crippen LogP) is 1.86. The topological polar surface area (TPSA) is 50.1 Å². The summed E-state index contributed by atoms with van der Waals surface area (Å²) < 4.78 is 2.01. The minimum Gasteiger partial charge on any atom is -0.388 e. The third-order valence-electron chi connectivity index (χ3n) is 3.01. The van der Waals surface area contributed by atoms with E-state index in [0.717, 1.165) is 12.5 Å². The Morgan fingerprint density at radius 2 is 2.00 bits per heavy atom. The van der Waals surface area contributed by atoms with E-state index in [1.807, 2.05) is 24.6 Å². The van der Waals surface area contributed by atoms with Gasteiger partial charge in [-0.3, -0.25) is 0 Å². The number of hydrogen-bond acceptors (Lipinski definition) is 3. The summed E-state index contributed by atoms with van der Waals surface area (Å²) in [6.45, 7) is 10.4. The number of hydrogen-bond donors (Lipinski definition) is 2. The van der Waals surface area contributed by atoms with Crippen LogP contribution in [0.4, 0.5) is 5.95 Å². The quantitative estimate of drug-likeness (QED) is 0.799. The third kappa shape index (κ3) is 2.50. The molecule has 0 fully saturated rings. The lowest BCUT2D eigenvalue weighted by atomic mass is 9.86. The van der Waals surface area contributed by atoms with Gasteiger partial charge in [-0.1, -0.05) is 0 Å². The molecule has 15 heavy (non-hydrogen) atoms. The molecule has 0 aliphatic carbocycles. The van der Waals surface area contributed by atoms with Crippen molar-refractivity contribution in [3.05, 3.63) is 12.4 Å². The number of aliphatic hydroxyl groups is 1. The lowest BCUT2D eigenvalue weighted by Gasteiger charge is -2.38. The lowest BCUT2D eigenvalue weighted by molar-refractivity contribution is 0.0235. The first-order valence-corrected chi connectivity index (χ1v) is 5.29. The van der Waals surface area contributed by atoms with Crippen molar-refractivity contribution in [1.82, 2.24) is 9.55 Å². The third-order valence-corrected chi connectivity index (χ3v) is 3.01. The maximum absolute atomic E-state index is 10.0. The highest BCUT2D eigenvalue weighted by molar-refractivity contribution is 5.31. The second-order valence-corrected chi connectivity index (χ2v) is 4.85. The highest BCUT2D eigenvalue weighted by Gasteiger charge is 2.35. The molecule has 0 spiro atoms. The molecule has 0 aliphatic rings. The van der Waals surface area contributed by atoms with Crippen LogP contribution in [0.3, 0.4) is 0 Å². The highest BCUT2D eigenvalue weighted by atomic mass is 16.3. The molecular weight excluding hydrogens is 190 g/mol. The summed E-state index contributed by atoms with van der Waals surface area (Å²) >= 11 is 0. The Labute approximate surface area is 91.3 Å². The average Bonchev–Trinajstić information content (AvgIpc) is 2.48. The van der Waals surface area contributed by atoms with E-state index in [2.05, 4.69) is 17.2 Å². The van der Waals surface area contributed by atoms with E-state index in [1.165, 1.54) is 0 Å². The van der Waals surface area contributed by atoms with Crippen molar-refractivity contribution in [1.29, 1.82) is 0 Å². The second kappa shape index (κ2) is 3.85. The van der Waals surface area contributed by atoms with Crippen LogP contribution in [0.15, 0.2) is 12.4 Å². The van der Waals surface area contributed by atoms with Crippen molar-refractivity contribution in [2.75, 3.05) is 5.32 Å². The zero-order chi connectivity index (χ0) is 11.7. The standard InChI is InChI=1S/C11H21N3O/c1-6-14-8-7-12-9(14)13-10(2,3)11(4,5)15/h7-8,15H,6H2,1-5H3,(H,12,13). The number of imidazole rings is 1. The first-order chi connectivity index (χ1) is 6.78. The fourth-order valence-electron chi connectivity index (χ4n) is 1.12. The van der Waals surface area contributed by atoms with Gasteiger partial charge >= 0.3 is 0 Å². The first kappa shape index (κ1) is 12.0. The fraction of sp³-hybridized carbons (Fsp3) is 0.727. The molecule has 0 amide bonds. The Balaban J connectivity index is 2.86. The van der Waals surface area contributed by atoms with Crippen LogP contribution < -0.4 is 5.32 Å². The van der Waals surface area contributed by atoms with Crippen LogP contribution in [0.2, 0.25) is 0 Å². The van der Waals surface area contributed by atoms with Crippen molar-refractivity contribution in [3.63, 3.8) is 0 Å². The Bertz CT molecular complexity index is 323. The molecule has 4 heteroatoms. The summed E-state index contributed by atoms with van der Waals surface area (Å²) in [6, 6.07) is 0. The predicted molar refractivity (Wildman–Crippen MR) is 61.9 cm³/mol. The van der Waals surface area contributed by atoms with Crippen molar-refractivity contribution < 1.29 is 5.11 Å². The SMILES string of the molecule is CCn1ccnc1NC(C)(C)C(C)(C)O. The number of anilines is 1. The van der Waals surface area contributed by atoms with Crippen LogP contribution in [-0.2, 0) is 6.54 Å². The molecule has 0 atom stereocenters. The van der Waals surface area contributed by atoms with E-state index < -0.39 is 11.1 Å². The molecule has 1 aromatic rings. The van der Waals surface area contributed by atoms with Gasteiger partial charge in [0, 0.05) is 18.9 Å². The summed E-state index contributed by atoms with van der Waals surface area (Å²) in [7, 11) is 0. The maximum atomic E-state index is 10.0. The largest absolute Gasteiger partial charge is 0.388 e. The van der Waals surface area contributed by atoms with Crippen LogP contribution in [-0.4, -0.2) is 25.8 Å². The van der Waals surface area contributed by atoms with E-state index in [-0.39, 0.29) is 0 Å². The first-order valence-electron chi connectivity index (χ1n) is 5.29. The smallest absolute Gasteiger partial charge is 0.203 e. The number of rotatable bonds is 4. The van der Waals surface area contributed by atoms with Crippen LogP contribution in [0.1, 0.15) is 34.6 Å². The van der Waals surface area contributed by atoms with E-state index in [0.29, 0.717) is 0 Å². The molecule has 0 saturated carbocycles. The zero-order valence-electron chi connectivity index (χ0n) is 10.2. The number of nitrogens with one attached hydrogen (secondary N) is 1. The minimum atomic E-state index is -0.808. The Hall–Kier alpha value is -1.03. The molecule has 0 bridgehead atoms. The molecule has 0 aromatic carbocycles. The summed E-state index contributed by atoms with van der Waals surface area (Å²) in [5, 5.41) is 13.3. The van der Waals surface area contributed by atoms with Gasteiger partial charge in [-0.15, -0.1) is 0 Å². The lowest BCUT2D eigenvalue weighted by Crippen LogP contribution is -2.51. The molecule has 0 radical (unpaired) electrons. The van der Waals surface area contributed by atoms with Crippen molar-refractivity contribution in [3.8, 4) is 0 Å². The molecule has 86 valence electrons. The van der Waals surface area contributed by atoms with Gasteiger partial charge in [-0.25, -0.2) is 4.98 Å². The maximum Gasteiger partial charge on any atom is 0.203 e. The van der Waals surface area contributed by atoms with Gasteiger partial charge in [0.25, 0.3) is 0 Å². The van der Waals surface area contributed by atoms with Crippen molar-refractivity contribution in [2.24, 2.45) is 0 Å². The van der Waals surface area contributed by atoms with Gasteiger partial charge in [-0.05, 0) is 34.6 Å². The molecule has 1 aromatic heterocycles. The number of nitrogens with zero attached hydrogens (tertiary/aromatic N) is 2. The molecule has 1 heterocycles. The monoisotopic (exact) mass is 211 g/mol. The Morgan fingerprint density at radius 1 is 1.40 bits per heavy atom. The zero-order valence-corrected chi connectivity index (χ0v) is 10.2. The molecule has 0 aliphatic heterocycles. The van der Waals surface area contributed by atoms with Crippen LogP contribution >= 0.6 is 0 Å². The summed E-state index contributed by atoms with van der Waals surface area (Å²) in [5.74, 6) is 0.796. The van der Waals surface area contributed by atoms with Gasteiger partial charge in [0.15, 0.2) is 0 Å². The van der Waals surface area contributed by atoms with Crippen molar-refractivity contribution in [2.45, 2.75) is 52.3 Å². The van der Waals surface area contributed by atoms with Gasteiger partial charge < -0.3 is 15.0 Å². The normalized spacial score (nSPS) is 12.9. The Morgan fingerprint density at radius 3 is 2.47 bits per heavy atom. The van der Waals surface area contributed by atoms with Gasteiger partial charge in [0.05, 0.1) is 11.1 Å². The molecule has 0 saturated heterocycles. The molecule has 4 nitrogen and oxygen atoms in total. The average molecular weight is 211 g/mol. The minimum absolute atomic E-state index is 0.425. The Kier molecular flexibility index (Phi) is 3.09. The summed E-state index contributed by atoms with van der Waals surface area (Å²) in [6.07, 6.45) is 3.68. The van der Waals surface area contributed by atoms with E-state index in [1.54, 1.807) is 20.0 Å².